The van der Waals surface area contributed by atoms with Gasteiger partial charge in [-0.05, 0) is 25.0 Å². The van der Waals surface area contributed by atoms with Crippen molar-refractivity contribution < 1.29 is 28.2 Å². The van der Waals surface area contributed by atoms with Crippen LogP contribution in [0.2, 0.25) is 0 Å². The average molecular weight is 327 g/mol. The third-order valence-electron chi connectivity index (χ3n) is 4.14. The van der Waals surface area contributed by atoms with Crippen molar-refractivity contribution in [2.45, 2.75) is 32.1 Å². The predicted molar refractivity (Wildman–Crippen MR) is 78.0 cm³/mol. The quantitative estimate of drug-likeness (QED) is 0.842. The zero-order chi connectivity index (χ0) is 16.9. The number of carboxylic acid groups (broad SMARTS) is 1. The molecule has 5 nitrogen and oxygen atoms in total. The molecule has 1 aliphatic rings. The van der Waals surface area contributed by atoms with Crippen LogP contribution in [0.4, 0.5) is 8.78 Å². The molecule has 0 radical (unpaired) electrons. The van der Waals surface area contributed by atoms with Crippen molar-refractivity contribution in [1.29, 1.82) is 0 Å². The number of hydrogen-bond acceptors (Lipinski definition) is 3. The normalized spacial score (nSPS) is 16.6. The minimum Gasteiger partial charge on any atom is -0.481 e. The van der Waals surface area contributed by atoms with E-state index in [4.69, 9.17) is 4.74 Å². The maximum Gasteiger partial charge on any atom is 0.311 e. The number of aliphatic carboxylic acids is 1. The van der Waals surface area contributed by atoms with Crippen molar-refractivity contribution in [2.24, 2.45) is 5.41 Å². The fourth-order valence-electron chi connectivity index (χ4n) is 2.75. The second-order valence-corrected chi connectivity index (χ2v) is 5.79. The lowest BCUT2D eigenvalue weighted by Gasteiger charge is -2.33. The van der Waals surface area contributed by atoms with Gasteiger partial charge in [0.1, 0.15) is 5.82 Å². The second-order valence-electron chi connectivity index (χ2n) is 5.79. The van der Waals surface area contributed by atoms with E-state index in [1.165, 1.54) is 0 Å². The summed E-state index contributed by atoms with van der Waals surface area (Å²) in [6, 6.07) is 2.78. The van der Waals surface area contributed by atoms with Crippen LogP contribution >= 0.6 is 0 Å². The number of hydrogen-bond donors (Lipinski definition) is 2. The van der Waals surface area contributed by atoms with Crippen LogP contribution in [0.3, 0.4) is 0 Å². The van der Waals surface area contributed by atoms with Gasteiger partial charge >= 0.3 is 5.97 Å². The van der Waals surface area contributed by atoms with Gasteiger partial charge in [-0.2, -0.15) is 0 Å². The molecule has 1 fully saturated rings. The van der Waals surface area contributed by atoms with E-state index in [-0.39, 0.29) is 12.3 Å². The Morgan fingerprint density at radius 3 is 2.52 bits per heavy atom. The van der Waals surface area contributed by atoms with Crippen molar-refractivity contribution in [3.8, 4) is 5.75 Å². The molecule has 1 aromatic carbocycles. The van der Waals surface area contributed by atoms with Gasteiger partial charge in [0.15, 0.2) is 18.2 Å². The number of halogens is 2. The molecule has 0 aromatic heterocycles. The number of benzene rings is 1. The van der Waals surface area contributed by atoms with Crippen LogP contribution in [0.5, 0.6) is 5.75 Å². The van der Waals surface area contributed by atoms with Gasteiger partial charge in [0.05, 0.1) is 5.41 Å². The number of carboxylic acids is 1. The van der Waals surface area contributed by atoms with Crippen LogP contribution in [0.15, 0.2) is 18.2 Å². The third kappa shape index (κ3) is 4.40. The highest BCUT2D eigenvalue weighted by Crippen LogP contribution is 2.35. The topological polar surface area (TPSA) is 75.6 Å². The number of ether oxygens (including phenoxy) is 1. The zero-order valence-electron chi connectivity index (χ0n) is 12.6. The van der Waals surface area contributed by atoms with E-state index < -0.39 is 35.5 Å². The van der Waals surface area contributed by atoms with Gasteiger partial charge < -0.3 is 15.2 Å². The summed E-state index contributed by atoms with van der Waals surface area (Å²) in [6.07, 6.45) is 3.68. The lowest BCUT2D eigenvalue weighted by atomic mass is 9.74. The van der Waals surface area contributed by atoms with Crippen molar-refractivity contribution in [3.63, 3.8) is 0 Å². The molecule has 1 aliphatic carbocycles. The van der Waals surface area contributed by atoms with Gasteiger partial charge in [-0.3, -0.25) is 9.59 Å². The molecule has 0 aliphatic heterocycles. The summed E-state index contributed by atoms with van der Waals surface area (Å²) in [5, 5.41) is 11.9. The van der Waals surface area contributed by atoms with Crippen molar-refractivity contribution >= 4 is 11.9 Å². The maximum atomic E-state index is 13.4. The first kappa shape index (κ1) is 17.2. The van der Waals surface area contributed by atoms with Gasteiger partial charge in [0.25, 0.3) is 5.91 Å². The van der Waals surface area contributed by atoms with Crippen LogP contribution in [0.25, 0.3) is 0 Å². The van der Waals surface area contributed by atoms with Gasteiger partial charge in [0.2, 0.25) is 0 Å². The van der Waals surface area contributed by atoms with E-state index in [1.807, 2.05) is 0 Å². The first-order valence-corrected chi connectivity index (χ1v) is 7.51. The van der Waals surface area contributed by atoms with Crippen LogP contribution in [0, 0.1) is 17.0 Å². The molecule has 0 bridgehead atoms. The largest absolute Gasteiger partial charge is 0.481 e. The van der Waals surface area contributed by atoms with E-state index in [0.29, 0.717) is 18.9 Å². The molecule has 0 atom stereocenters. The van der Waals surface area contributed by atoms with Crippen LogP contribution in [-0.2, 0) is 9.59 Å². The minimum absolute atomic E-state index is 0.0242. The molecule has 0 heterocycles. The van der Waals surface area contributed by atoms with E-state index in [1.54, 1.807) is 0 Å². The molecule has 7 heteroatoms. The Bertz CT molecular complexity index is 585. The van der Waals surface area contributed by atoms with E-state index in [9.17, 15) is 23.5 Å². The number of carbonyl (C=O) groups is 2. The van der Waals surface area contributed by atoms with Crippen molar-refractivity contribution in [1.82, 2.24) is 5.32 Å². The summed E-state index contributed by atoms with van der Waals surface area (Å²) < 4.78 is 31.1. The summed E-state index contributed by atoms with van der Waals surface area (Å²) in [7, 11) is 0. The first-order chi connectivity index (χ1) is 10.9. The molecular weight excluding hydrogens is 308 g/mol. The fourth-order valence-corrected chi connectivity index (χ4v) is 2.75. The van der Waals surface area contributed by atoms with Crippen molar-refractivity contribution in [2.75, 3.05) is 13.2 Å². The SMILES string of the molecule is O=C(COc1ccc(F)cc1F)NCC1(C(=O)O)CCCCC1. The van der Waals surface area contributed by atoms with E-state index in [2.05, 4.69) is 5.32 Å². The van der Waals surface area contributed by atoms with Gasteiger partial charge in [0, 0.05) is 12.6 Å². The minimum atomic E-state index is -0.935. The molecule has 0 unspecified atom stereocenters. The highest BCUT2D eigenvalue weighted by atomic mass is 19.1. The predicted octanol–water partition coefficient (Wildman–Crippen LogP) is 2.49. The molecule has 2 rings (SSSR count). The third-order valence-corrected chi connectivity index (χ3v) is 4.14. The Balaban J connectivity index is 1.85. The molecule has 0 spiro atoms. The number of rotatable bonds is 6. The maximum absolute atomic E-state index is 13.4. The lowest BCUT2D eigenvalue weighted by molar-refractivity contribution is -0.151. The van der Waals surface area contributed by atoms with Crippen LogP contribution in [0.1, 0.15) is 32.1 Å². The Kier molecular flexibility index (Phi) is 5.52. The lowest BCUT2D eigenvalue weighted by Crippen LogP contribution is -2.45. The Hall–Kier alpha value is -2.18. The first-order valence-electron chi connectivity index (χ1n) is 7.51. The van der Waals surface area contributed by atoms with Crippen LogP contribution in [-0.4, -0.2) is 30.1 Å². The summed E-state index contributed by atoms with van der Waals surface area (Å²) in [4.78, 5) is 23.3. The van der Waals surface area contributed by atoms with Gasteiger partial charge in [-0.25, -0.2) is 8.78 Å². The standard InChI is InChI=1S/C16H19F2NO4/c17-11-4-5-13(12(18)8-11)23-9-14(20)19-10-16(15(21)22)6-2-1-3-7-16/h4-5,8H,1-3,6-7,9-10H2,(H,19,20)(H,21,22). The summed E-state index contributed by atoms with van der Waals surface area (Å²) in [5.74, 6) is -3.32. The molecule has 0 saturated heterocycles. The zero-order valence-corrected chi connectivity index (χ0v) is 12.6. The molecule has 2 N–H and O–H groups in total. The molecule has 126 valence electrons. The molecule has 23 heavy (non-hydrogen) atoms. The van der Waals surface area contributed by atoms with Crippen LogP contribution < -0.4 is 10.1 Å². The highest BCUT2D eigenvalue weighted by Gasteiger charge is 2.39. The van der Waals surface area contributed by atoms with Gasteiger partial charge in [-0.15, -0.1) is 0 Å². The Morgan fingerprint density at radius 1 is 1.22 bits per heavy atom. The molecule has 1 saturated carbocycles. The summed E-state index contributed by atoms with van der Waals surface area (Å²) >= 11 is 0. The number of amides is 1. The fraction of sp³-hybridized carbons (Fsp3) is 0.500. The van der Waals surface area contributed by atoms with E-state index in [0.717, 1.165) is 31.4 Å². The molecular formula is C16H19F2NO4. The Labute approximate surface area is 132 Å². The number of carbonyl (C=O) groups excluding carboxylic acids is 1. The summed E-state index contributed by atoms with van der Waals surface area (Å²) in [6.45, 7) is -0.436. The van der Waals surface area contributed by atoms with Crippen molar-refractivity contribution in [3.05, 3.63) is 29.8 Å². The molecule has 1 aromatic rings. The monoisotopic (exact) mass is 327 g/mol. The number of nitrogens with one attached hydrogen (secondary N) is 1. The summed E-state index contributed by atoms with van der Waals surface area (Å²) in [5.41, 5.74) is -0.935. The second kappa shape index (κ2) is 7.39. The molecule has 1 amide bonds. The Morgan fingerprint density at radius 2 is 1.91 bits per heavy atom. The van der Waals surface area contributed by atoms with E-state index >= 15 is 0 Å². The average Bonchev–Trinajstić information content (AvgIpc) is 2.53. The highest BCUT2D eigenvalue weighted by molar-refractivity contribution is 5.80. The van der Waals surface area contributed by atoms with Gasteiger partial charge in [-0.1, -0.05) is 19.3 Å². The smallest absolute Gasteiger partial charge is 0.311 e.